The first-order valence-electron chi connectivity index (χ1n) is 19.4. The molecule has 9 rings (SSSR count). The van der Waals surface area contributed by atoms with Crippen LogP contribution in [0.2, 0.25) is 0 Å². The summed E-state index contributed by atoms with van der Waals surface area (Å²) < 4.78 is 5.19. The van der Waals surface area contributed by atoms with E-state index in [0.29, 0.717) is 41.6 Å². The number of imidazole rings is 1. The van der Waals surface area contributed by atoms with Gasteiger partial charge in [0, 0.05) is 83.0 Å². The minimum Gasteiger partial charge on any atom is -0.369 e. The molecule has 0 unspecified atom stereocenters. The number of amides is 4. The molecule has 1 spiro atoms. The van der Waals surface area contributed by atoms with Gasteiger partial charge in [-0.05, 0) is 62.4 Å². The smallest absolute Gasteiger partial charge is 0.329 e. The minimum absolute atomic E-state index is 0.0604. The molecule has 0 bridgehead atoms. The number of para-hydroxylation sites is 1. The number of piperidine rings is 2. The van der Waals surface area contributed by atoms with E-state index in [-0.39, 0.29) is 47.7 Å². The van der Waals surface area contributed by atoms with Crippen LogP contribution in [-0.4, -0.2) is 102 Å². The van der Waals surface area contributed by atoms with Crippen LogP contribution in [0.5, 0.6) is 0 Å². The highest BCUT2D eigenvalue weighted by Gasteiger charge is 2.46. The summed E-state index contributed by atoms with van der Waals surface area (Å²) in [6.07, 6.45) is 9.76. The molecule has 56 heavy (non-hydrogen) atoms. The van der Waals surface area contributed by atoms with E-state index < -0.39 is 11.9 Å². The summed E-state index contributed by atoms with van der Waals surface area (Å²) in [5, 5.41) is 6.37. The molecule has 4 aromatic heterocycles. The number of imide groups is 1. The number of nitrogens with zero attached hydrogens (tertiary/aromatic N) is 9. The normalized spacial score (nSPS) is 19.8. The molecule has 2 N–H and O–H groups in total. The molecule has 4 amide bonds. The summed E-state index contributed by atoms with van der Waals surface area (Å²) in [4.78, 5) is 84.2. The summed E-state index contributed by atoms with van der Waals surface area (Å²) in [5.41, 5.74) is 4.01. The van der Waals surface area contributed by atoms with Gasteiger partial charge in [-0.1, -0.05) is 18.9 Å². The Morgan fingerprint density at radius 3 is 2.41 bits per heavy atom. The number of likely N-dealkylation sites (tertiary alicyclic amines) is 1. The van der Waals surface area contributed by atoms with Crippen molar-refractivity contribution < 1.29 is 19.2 Å². The summed E-state index contributed by atoms with van der Waals surface area (Å²) in [6.45, 7) is 2.88. The number of hydrogen-bond acceptors (Lipinski definition) is 10. The van der Waals surface area contributed by atoms with Crippen LogP contribution in [0, 0.1) is 5.41 Å². The van der Waals surface area contributed by atoms with E-state index in [0.717, 1.165) is 73.9 Å². The maximum Gasteiger partial charge on any atom is 0.329 e. The van der Waals surface area contributed by atoms with E-state index in [1.807, 2.05) is 29.2 Å². The Hall–Kier alpha value is -6.06. The molecule has 3 saturated heterocycles. The van der Waals surface area contributed by atoms with Gasteiger partial charge in [0.15, 0.2) is 0 Å². The third kappa shape index (κ3) is 5.98. The topological polar surface area (TPSA) is 173 Å². The summed E-state index contributed by atoms with van der Waals surface area (Å²) in [5.74, 6) is -0.00884. The first kappa shape index (κ1) is 35.6. The monoisotopic (exact) mass is 759 g/mol. The first-order chi connectivity index (χ1) is 27.0. The highest BCUT2D eigenvalue weighted by molar-refractivity contribution is 6.01. The second-order valence-electron chi connectivity index (χ2n) is 16.0. The lowest BCUT2D eigenvalue weighted by Crippen LogP contribution is -2.61. The first-order valence-corrected chi connectivity index (χ1v) is 19.4. The molecule has 1 atom stereocenters. The van der Waals surface area contributed by atoms with Gasteiger partial charge in [0.2, 0.25) is 17.8 Å². The highest BCUT2D eigenvalue weighted by atomic mass is 16.2. The maximum absolute atomic E-state index is 13.6. The molecule has 16 nitrogen and oxygen atoms in total. The molecule has 3 aliphatic heterocycles. The van der Waals surface area contributed by atoms with Gasteiger partial charge in [-0.2, -0.15) is 4.98 Å². The predicted octanol–water partition coefficient (Wildman–Crippen LogP) is 3.76. The lowest BCUT2D eigenvalue weighted by molar-refractivity contribution is -0.135. The van der Waals surface area contributed by atoms with Crippen molar-refractivity contribution in [1.82, 2.24) is 43.8 Å². The molecule has 290 valence electrons. The Kier molecular flexibility index (Phi) is 8.65. The van der Waals surface area contributed by atoms with Crippen molar-refractivity contribution >= 4 is 63.1 Å². The van der Waals surface area contributed by atoms with Gasteiger partial charge in [0.05, 0.1) is 22.3 Å². The second-order valence-corrected chi connectivity index (χ2v) is 16.0. The molecule has 1 aliphatic carbocycles. The standard InChI is InChI=1S/C40H45N11O5/c1-46(2)37(55)30-19-25-21-42-38(45-34(25)50(30)26-7-4-5-8-26)43-31-13-11-24(20-41-31)36(54)48-17-15-40(16-18-48)22-49(23-40)27-9-6-10-28-33(27)47(3)39(56)51(28)29-12-14-32(52)44-35(29)53/h6,9-11,13,19-21,26,29H,4-5,7-8,12,14-18,22-23H2,1-3H3,(H,44,52,53)(H,41,42,43,45)/t29-/m1/s1. The number of carbonyl (C=O) groups excluding carboxylic acids is 4. The van der Waals surface area contributed by atoms with Gasteiger partial charge in [-0.15, -0.1) is 0 Å². The van der Waals surface area contributed by atoms with Crippen LogP contribution in [0.4, 0.5) is 17.5 Å². The van der Waals surface area contributed by atoms with Gasteiger partial charge in [0.25, 0.3) is 11.8 Å². The number of aromatic nitrogens is 6. The van der Waals surface area contributed by atoms with Gasteiger partial charge in [-0.25, -0.2) is 14.8 Å². The number of fused-ring (bicyclic) bond motifs is 2. The van der Waals surface area contributed by atoms with Gasteiger partial charge in [0.1, 0.15) is 23.2 Å². The molecule has 0 radical (unpaired) electrons. The summed E-state index contributed by atoms with van der Waals surface area (Å²) in [7, 11) is 5.23. The fraction of sp³-hybridized carbons (Fsp3) is 0.450. The van der Waals surface area contributed by atoms with Crippen LogP contribution >= 0.6 is 0 Å². The van der Waals surface area contributed by atoms with Crippen LogP contribution in [0.15, 0.2) is 53.6 Å². The molecule has 7 heterocycles. The second kappa shape index (κ2) is 13.6. The Labute approximate surface area is 322 Å². The molecule has 4 fully saturated rings. The average Bonchev–Trinajstić information content (AvgIpc) is 3.91. The zero-order chi connectivity index (χ0) is 38.9. The number of carbonyl (C=O) groups is 4. The fourth-order valence-electron chi connectivity index (χ4n) is 9.22. The van der Waals surface area contributed by atoms with Crippen molar-refractivity contribution in [3.8, 4) is 0 Å². The van der Waals surface area contributed by atoms with Crippen molar-refractivity contribution in [2.24, 2.45) is 12.5 Å². The van der Waals surface area contributed by atoms with Crippen LogP contribution in [0.25, 0.3) is 22.1 Å². The van der Waals surface area contributed by atoms with Crippen molar-refractivity contribution in [3.05, 3.63) is 70.5 Å². The van der Waals surface area contributed by atoms with Crippen molar-refractivity contribution in [3.63, 3.8) is 0 Å². The van der Waals surface area contributed by atoms with E-state index in [2.05, 4.69) is 30.1 Å². The van der Waals surface area contributed by atoms with Crippen LogP contribution < -0.4 is 21.2 Å². The van der Waals surface area contributed by atoms with Gasteiger partial charge in [-0.3, -0.25) is 33.6 Å². The third-order valence-electron chi connectivity index (χ3n) is 12.2. The lowest BCUT2D eigenvalue weighted by Gasteiger charge is -2.55. The molecular weight excluding hydrogens is 715 g/mol. The van der Waals surface area contributed by atoms with Gasteiger partial charge >= 0.3 is 5.69 Å². The number of anilines is 3. The van der Waals surface area contributed by atoms with Crippen LogP contribution in [0.3, 0.4) is 0 Å². The lowest BCUT2D eigenvalue weighted by atomic mass is 9.71. The van der Waals surface area contributed by atoms with Crippen molar-refractivity contribution in [1.29, 1.82) is 0 Å². The number of benzene rings is 1. The minimum atomic E-state index is -0.731. The van der Waals surface area contributed by atoms with E-state index in [1.165, 1.54) is 4.57 Å². The summed E-state index contributed by atoms with van der Waals surface area (Å²) in [6, 6.07) is 10.7. The van der Waals surface area contributed by atoms with Crippen LogP contribution in [-0.2, 0) is 16.6 Å². The van der Waals surface area contributed by atoms with Gasteiger partial charge < -0.3 is 24.6 Å². The van der Waals surface area contributed by atoms with Crippen LogP contribution in [0.1, 0.15) is 84.3 Å². The zero-order valence-corrected chi connectivity index (χ0v) is 31.8. The largest absolute Gasteiger partial charge is 0.369 e. The molecule has 1 aromatic carbocycles. The van der Waals surface area contributed by atoms with Crippen molar-refractivity contribution in [2.45, 2.75) is 63.5 Å². The highest BCUT2D eigenvalue weighted by Crippen LogP contribution is 2.44. The Bertz CT molecular complexity index is 2460. The van der Waals surface area contributed by atoms with E-state index in [1.54, 1.807) is 55.1 Å². The summed E-state index contributed by atoms with van der Waals surface area (Å²) >= 11 is 0. The van der Waals surface area contributed by atoms with E-state index in [4.69, 9.17) is 4.98 Å². The molecule has 4 aliphatic rings. The Morgan fingerprint density at radius 1 is 0.946 bits per heavy atom. The SMILES string of the molecule is CN(C)C(=O)c1cc2cnc(Nc3ccc(C(=O)N4CCC5(CC4)CN(c4cccc6c4n(C)c(=O)n6[C@@H]4CCC(=O)NC4=O)C5)cn3)nc2n1C1CCCC1. The quantitative estimate of drug-likeness (QED) is 0.233. The maximum atomic E-state index is 13.6. The average molecular weight is 760 g/mol. The molecule has 16 heteroatoms. The molecular formula is C40H45N11O5. The number of hydrogen-bond donors (Lipinski definition) is 2. The zero-order valence-electron chi connectivity index (χ0n) is 31.8. The number of nitrogens with one attached hydrogen (secondary N) is 2. The fourth-order valence-corrected chi connectivity index (χ4v) is 9.22. The Balaban J connectivity index is 0.845. The molecule has 5 aromatic rings. The predicted molar refractivity (Wildman–Crippen MR) is 209 cm³/mol. The van der Waals surface area contributed by atoms with E-state index in [9.17, 15) is 24.0 Å². The molecule has 1 saturated carbocycles. The number of pyridine rings is 1. The third-order valence-corrected chi connectivity index (χ3v) is 12.2. The Morgan fingerprint density at radius 2 is 1.71 bits per heavy atom. The number of rotatable bonds is 7. The van der Waals surface area contributed by atoms with E-state index >= 15 is 0 Å². The van der Waals surface area contributed by atoms with Crippen molar-refractivity contribution in [2.75, 3.05) is 50.5 Å². The number of aryl methyl sites for hydroxylation is 1.